The van der Waals surface area contributed by atoms with Gasteiger partial charge >= 0.3 is 6.03 Å². The summed E-state index contributed by atoms with van der Waals surface area (Å²) in [4.78, 5) is 16.6. The molecule has 1 saturated heterocycles. The van der Waals surface area contributed by atoms with Gasteiger partial charge in [0.05, 0.1) is 12.1 Å². The minimum atomic E-state index is -0.319. The number of benzene rings is 2. The molecule has 4 rings (SSSR count). The van der Waals surface area contributed by atoms with E-state index >= 15 is 0 Å². The molecule has 27 heavy (non-hydrogen) atoms. The van der Waals surface area contributed by atoms with Gasteiger partial charge < -0.3 is 5.32 Å². The summed E-state index contributed by atoms with van der Waals surface area (Å²) in [7, 11) is 4.27. The van der Waals surface area contributed by atoms with Gasteiger partial charge in [0.2, 0.25) is 0 Å². The van der Waals surface area contributed by atoms with Gasteiger partial charge in [-0.1, -0.05) is 36.4 Å². The van der Waals surface area contributed by atoms with Crippen molar-refractivity contribution in [3.8, 4) is 0 Å². The largest absolute Gasteiger partial charge is 0.330 e. The predicted octanol–water partition coefficient (Wildman–Crippen LogP) is 4.13. The fraction of sp³-hybridized carbons (Fsp3) is 0.409. The lowest BCUT2D eigenvalue weighted by molar-refractivity contribution is 0.0658. The number of rotatable bonds is 3. The van der Waals surface area contributed by atoms with E-state index < -0.39 is 0 Å². The lowest BCUT2D eigenvalue weighted by Crippen LogP contribution is -2.54. The summed E-state index contributed by atoms with van der Waals surface area (Å²) in [6.45, 7) is 0.591. The lowest BCUT2D eigenvalue weighted by Gasteiger charge is -2.48. The molecule has 5 heteroatoms. The fourth-order valence-corrected chi connectivity index (χ4v) is 4.73. The monoisotopic (exact) mass is 367 g/mol. The highest BCUT2D eigenvalue weighted by Crippen LogP contribution is 2.46. The van der Waals surface area contributed by atoms with Crippen LogP contribution in [-0.2, 0) is 5.54 Å². The molecule has 1 spiro atoms. The number of amides is 2. The van der Waals surface area contributed by atoms with Crippen LogP contribution in [0.1, 0.15) is 31.2 Å². The average Bonchev–Trinajstić information content (AvgIpc) is 2.99. The highest BCUT2D eigenvalue weighted by Gasteiger charge is 2.50. The van der Waals surface area contributed by atoms with Crippen LogP contribution >= 0.6 is 0 Å². The van der Waals surface area contributed by atoms with Crippen molar-refractivity contribution in [2.24, 2.45) is 0 Å². The van der Waals surface area contributed by atoms with E-state index in [1.54, 1.807) is 17.0 Å². The van der Waals surface area contributed by atoms with Gasteiger partial charge in [-0.2, -0.15) is 0 Å². The summed E-state index contributed by atoms with van der Waals surface area (Å²) in [5.74, 6) is -0.319. The van der Waals surface area contributed by atoms with Crippen molar-refractivity contribution >= 4 is 11.7 Å². The Labute approximate surface area is 160 Å². The number of nitrogens with one attached hydrogen (secondary N) is 1. The number of nitrogens with zero attached hydrogens (tertiary/aromatic N) is 2. The first-order valence-electron chi connectivity index (χ1n) is 9.52. The third-order valence-corrected chi connectivity index (χ3v) is 6.40. The second-order valence-corrected chi connectivity index (χ2v) is 8.07. The molecule has 2 amide bonds. The van der Waals surface area contributed by atoms with Crippen molar-refractivity contribution in [3.05, 3.63) is 66.0 Å². The zero-order valence-electron chi connectivity index (χ0n) is 15.9. The first-order chi connectivity index (χ1) is 12.9. The number of halogens is 1. The highest BCUT2D eigenvalue weighted by molar-refractivity contribution is 5.95. The Balaban J connectivity index is 1.55. The van der Waals surface area contributed by atoms with Crippen LogP contribution < -0.4 is 10.2 Å². The Kier molecular flexibility index (Phi) is 4.42. The van der Waals surface area contributed by atoms with Gasteiger partial charge in [0, 0.05) is 11.2 Å². The molecule has 142 valence electrons. The molecule has 2 aliphatic rings. The van der Waals surface area contributed by atoms with Crippen LogP contribution in [0.5, 0.6) is 0 Å². The number of anilines is 1. The maximum atomic E-state index is 13.6. The molecule has 1 heterocycles. The zero-order valence-corrected chi connectivity index (χ0v) is 15.9. The summed E-state index contributed by atoms with van der Waals surface area (Å²) in [6, 6.07) is 16.8. The molecular weight excluding hydrogens is 341 g/mol. The lowest BCUT2D eigenvalue weighted by atomic mass is 9.69. The van der Waals surface area contributed by atoms with E-state index in [1.807, 2.05) is 6.07 Å². The second kappa shape index (κ2) is 6.64. The molecule has 1 aliphatic heterocycles. The van der Waals surface area contributed by atoms with E-state index in [2.05, 4.69) is 48.6 Å². The summed E-state index contributed by atoms with van der Waals surface area (Å²) in [5.41, 5.74) is 1.70. The molecule has 0 unspecified atom stereocenters. The normalized spacial score (nSPS) is 28.0. The van der Waals surface area contributed by atoms with Gasteiger partial charge in [0.15, 0.2) is 0 Å². The second-order valence-electron chi connectivity index (χ2n) is 8.07. The maximum absolute atomic E-state index is 13.6. The Hall–Kier alpha value is -2.40. The number of hydrogen-bond acceptors (Lipinski definition) is 2. The maximum Gasteiger partial charge on any atom is 0.322 e. The van der Waals surface area contributed by atoms with Crippen LogP contribution in [0.25, 0.3) is 0 Å². The smallest absolute Gasteiger partial charge is 0.322 e. The first-order valence-corrected chi connectivity index (χ1v) is 9.52. The van der Waals surface area contributed by atoms with Crippen LogP contribution in [0, 0.1) is 5.82 Å². The standard InChI is InChI=1S/C22H26FN3O/c1-25(2)22(17-7-4-3-5-8-17)13-11-21(12-14-22)16-26(20(27)24-21)19-10-6-9-18(23)15-19/h3-10,15H,11-14,16H2,1-2H3,(H,24,27). The quantitative estimate of drug-likeness (QED) is 0.886. The summed E-state index contributed by atoms with van der Waals surface area (Å²) >= 11 is 0. The average molecular weight is 367 g/mol. The van der Waals surface area contributed by atoms with E-state index in [0.29, 0.717) is 12.2 Å². The molecule has 1 aliphatic carbocycles. The predicted molar refractivity (Wildman–Crippen MR) is 105 cm³/mol. The molecule has 2 aromatic carbocycles. The van der Waals surface area contributed by atoms with E-state index in [-0.39, 0.29) is 22.9 Å². The number of hydrogen-bond donors (Lipinski definition) is 1. The minimum absolute atomic E-state index is 0.0104. The van der Waals surface area contributed by atoms with E-state index in [4.69, 9.17) is 0 Å². The van der Waals surface area contributed by atoms with Crippen molar-refractivity contribution in [1.82, 2.24) is 10.2 Å². The van der Waals surface area contributed by atoms with Crippen molar-refractivity contribution in [1.29, 1.82) is 0 Å². The van der Waals surface area contributed by atoms with Gasteiger partial charge in [0.1, 0.15) is 5.82 Å². The number of carbonyl (C=O) groups is 1. The van der Waals surface area contributed by atoms with Gasteiger partial charge in [-0.3, -0.25) is 9.80 Å². The van der Waals surface area contributed by atoms with Crippen LogP contribution in [0.2, 0.25) is 0 Å². The van der Waals surface area contributed by atoms with E-state index in [0.717, 1.165) is 25.7 Å². The Bertz CT molecular complexity index is 828. The molecule has 4 nitrogen and oxygen atoms in total. The van der Waals surface area contributed by atoms with Crippen molar-refractivity contribution < 1.29 is 9.18 Å². The van der Waals surface area contributed by atoms with Gasteiger partial charge in [0.25, 0.3) is 0 Å². The van der Waals surface area contributed by atoms with Crippen molar-refractivity contribution in [2.45, 2.75) is 36.8 Å². The summed E-state index contributed by atoms with van der Waals surface area (Å²) in [5, 5.41) is 3.21. The Morgan fingerprint density at radius 1 is 1.00 bits per heavy atom. The molecule has 1 saturated carbocycles. The fourth-order valence-electron chi connectivity index (χ4n) is 4.73. The Morgan fingerprint density at radius 3 is 2.33 bits per heavy atom. The minimum Gasteiger partial charge on any atom is -0.330 e. The van der Waals surface area contributed by atoms with Gasteiger partial charge in [-0.25, -0.2) is 9.18 Å². The van der Waals surface area contributed by atoms with Gasteiger partial charge in [-0.05, 0) is 63.5 Å². The number of carbonyl (C=O) groups excluding carboxylic acids is 1. The third-order valence-electron chi connectivity index (χ3n) is 6.40. The molecular formula is C22H26FN3O. The van der Waals surface area contributed by atoms with Crippen molar-refractivity contribution in [2.75, 3.05) is 25.5 Å². The molecule has 0 bridgehead atoms. The highest BCUT2D eigenvalue weighted by atomic mass is 19.1. The first kappa shape index (κ1) is 18.0. The molecule has 0 atom stereocenters. The van der Waals surface area contributed by atoms with E-state index in [9.17, 15) is 9.18 Å². The number of urea groups is 1. The molecule has 1 N–H and O–H groups in total. The van der Waals surface area contributed by atoms with Crippen LogP contribution in [0.4, 0.5) is 14.9 Å². The van der Waals surface area contributed by atoms with Crippen LogP contribution in [-0.4, -0.2) is 37.1 Å². The molecule has 0 aromatic heterocycles. The summed E-state index contributed by atoms with van der Waals surface area (Å²) in [6.07, 6.45) is 3.75. The zero-order chi connectivity index (χ0) is 19.1. The molecule has 0 radical (unpaired) electrons. The van der Waals surface area contributed by atoms with Crippen LogP contribution in [0.15, 0.2) is 54.6 Å². The molecule has 2 fully saturated rings. The van der Waals surface area contributed by atoms with Crippen molar-refractivity contribution in [3.63, 3.8) is 0 Å². The molecule has 2 aromatic rings. The SMILES string of the molecule is CN(C)C1(c2ccccc2)CCC2(CC1)CN(c1cccc(F)c1)C(=O)N2. The van der Waals surface area contributed by atoms with Gasteiger partial charge in [-0.15, -0.1) is 0 Å². The topological polar surface area (TPSA) is 35.6 Å². The van der Waals surface area contributed by atoms with E-state index in [1.165, 1.54) is 17.7 Å². The third kappa shape index (κ3) is 3.10. The summed E-state index contributed by atoms with van der Waals surface area (Å²) < 4.78 is 13.6. The van der Waals surface area contributed by atoms with Crippen LogP contribution in [0.3, 0.4) is 0 Å². The Morgan fingerprint density at radius 2 is 1.70 bits per heavy atom.